The summed E-state index contributed by atoms with van der Waals surface area (Å²) in [5, 5.41) is 2.89. The number of amides is 1. The number of furan rings is 1. The molecular formula is C23H31N3O4S. The number of rotatable bonds is 9. The minimum absolute atomic E-state index is 0.0701. The number of nitrogens with zero attached hydrogens (tertiary/aromatic N) is 2. The quantitative estimate of drug-likeness (QED) is 0.634. The Morgan fingerprint density at radius 2 is 1.74 bits per heavy atom. The first kappa shape index (κ1) is 22.0. The lowest BCUT2D eigenvalue weighted by Crippen LogP contribution is -2.38. The number of nitrogens with one attached hydrogen (secondary N) is 1. The summed E-state index contributed by atoms with van der Waals surface area (Å²) in [7, 11) is -1.86. The van der Waals surface area contributed by atoms with Crippen molar-refractivity contribution in [3.8, 4) is 0 Å². The number of carbonyl (C=O) groups is 1. The molecule has 0 unspecified atom stereocenters. The Labute approximate surface area is 184 Å². The van der Waals surface area contributed by atoms with Crippen molar-refractivity contribution in [3.63, 3.8) is 0 Å². The highest BCUT2D eigenvalue weighted by molar-refractivity contribution is 7.89. The van der Waals surface area contributed by atoms with Gasteiger partial charge in [0.1, 0.15) is 5.76 Å². The highest BCUT2D eigenvalue weighted by Crippen LogP contribution is 2.29. The standard InChI is InChI=1S/C23H31N3O4S/c1-25(19-6-3-2-4-7-19)31(28,29)22-13-9-18(10-14-22)24-23(27)17-26(20-11-12-20)16-21-8-5-15-30-21/h5,8-10,13-15,19-20H,2-4,6-7,11-12,16-17H2,1H3,(H,24,27). The molecular weight excluding hydrogens is 414 g/mol. The van der Waals surface area contributed by atoms with Crippen molar-refractivity contribution in [1.82, 2.24) is 9.21 Å². The molecule has 0 bridgehead atoms. The molecule has 2 aromatic rings. The van der Waals surface area contributed by atoms with Gasteiger partial charge >= 0.3 is 0 Å². The third-order valence-corrected chi connectivity index (χ3v) is 8.18. The number of benzene rings is 1. The second-order valence-corrected chi connectivity index (χ2v) is 10.6. The van der Waals surface area contributed by atoms with Crippen LogP contribution in [0.3, 0.4) is 0 Å². The number of hydrogen-bond donors (Lipinski definition) is 1. The molecule has 0 saturated heterocycles. The summed E-state index contributed by atoms with van der Waals surface area (Å²) >= 11 is 0. The van der Waals surface area contributed by atoms with Crippen molar-refractivity contribution >= 4 is 21.6 Å². The average Bonchev–Trinajstić information content (AvgIpc) is 3.50. The van der Waals surface area contributed by atoms with Crippen LogP contribution in [-0.2, 0) is 21.4 Å². The van der Waals surface area contributed by atoms with Gasteiger partial charge in [0.2, 0.25) is 15.9 Å². The Balaban J connectivity index is 1.35. The SMILES string of the molecule is CN(C1CCCCC1)S(=O)(=O)c1ccc(NC(=O)CN(Cc2ccco2)C2CC2)cc1. The lowest BCUT2D eigenvalue weighted by Gasteiger charge is -2.30. The van der Waals surface area contributed by atoms with Crippen molar-refractivity contribution < 1.29 is 17.6 Å². The predicted molar refractivity (Wildman–Crippen MR) is 119 cm³/mol. The molecule has 31 heavy (non-hydrogen) atoms. The van der Waals surface area contributed by atoms with Crippen LogP contribution in [0.4, 0.5) is 5.69 Å². The second kappa shape index (κ2) is 9.54. The summed E-state index contributed by atoms with van der Waals surface area (Å²) in [6.45, 7) is 0.881. The van der Waals surface area contributed by atoms with Gasteiger partial charge in [-0.05, 0) is 62.1 Å². The van der Waals surface area contributed by atoms with Crippen molar-refractivity contribution in [2.75, 3.05) is 18.9 Å². The molecule has 2 saturated carbocycles. The molecule has 2 aliphatic rings. The topological polar surface area (TPSA) is 82.9 Å². The fraction of sp³-hybridized carbons (Fsp3) is 0.522. The highest BCUT2D eigenvalue weighted by atomic mass is 32.2. The fourth-order valence-corrected chi connectivity index (χ4v) is 5.67. The van der Waals surface area contributed by atoms with Crippen molar-refractivity contribution in [2.24, 2.45) is 0 Å². The van der Waals surface area contributed by atoms with Gasteiger partial charge in [-0.15, -0.1) is 0 Å². The zero-order valence-electron chi connectivity index (χ0n) is 18.0. The van der Waals surface area contributed by atoms with Crippen LogP contribution in [0.1, 0.15) is 50.7 Å². The molecule has 2 fully saturated rings. The summed E-state index contributed by atoms with van der Waals surface area (Å²) in [6.07, 6.45) is 8.99. The second-order valence-electron chi connectivity index (χ2n) is 8.60. The van der Waals surface area contributed by atoms with Crippen LogP contribution in [0.5, 0.6) is 0 Å². The van der Waals surface area contributed by atoms with Crippen LogP contribution in [0.15, 0.2) is 52.0 Å². The Morgan fingerprint density at radius 3 is 2.35 bits per heavy atom. The van der Waals surface area contributed by atoms with E-state index < -0.39 is 10.0 Å². The molecule has 8 heteroatoms. The van der Waals surface area contributed by atoms with Crippen LogP contribution in [0.25, 0.3) is 0 Å². The normalized spacial score (nSPS) is 17.9. The molecule has 7 nitrogen and oxygen atoms in total. The molecule has 0 atom stereocenters. The molecule has 2 aliphatic carbocycles. The predicted octanol–water partition coefficient (Wildman–Crippen LogP) is 3.84. The Hall–Kier alpha value is -2.16. The van der Waals surface area contributed by atoms with E-state index in [0.29, 0.717) is 18.3 Å². The third-order valence-electron chi connectivity index (χ3n) is 6.25. The van der Waals surface area contributed by atoms with Gasteiger partial charge in [-0.2, -0.15) is 4.31 Å². The summed E-state index contributed by atoms with van der Waals surface area (Å²) in [5.74, 6) is 0.727. The molecule has 4 rings (SSSR count). The zero-order valence-corrected chi connectivity index (χ0v) is 18.8. The number of hydrogen-bond acceptors (Lipinski definition) is 5. The monoisotopic (exact) mass is 445 g/mol. The van der Waals surface area contributed by atoms with E-state index in [1.165, 1.54) is 10.7 Å². The first-order valence-electron chi connectivity index (χ1n) is 11.1. The van der Waals surface area contributed by atoms with E-state index in [0.717, 1.165) is 44.3 Å². The van der Waals surface area contributed by atoms with Gasteiger partial charge in [0.05, 0.1) is 24.2 Å². The minimum atomic E-state index is -3.53. The largest absolute Gasteiger partial charge is 0.468 e. The van der Waals surface area contributed by atoms with Crippen LogP contribution < -0.4 is 5.32 Å². The van der Waals surface area contributed by atoms with E-state index in [1.54, 1.807) is 37.6 Å². The van der Waals surface area contributed by atoms with E-state index in [9.17, 15) is 13.2 Å². The molecule has 1 aromatic heterocycles. The smallest absolute Gasteiger partial charge is 0.243 e. The van der Waals surface area contributed by atoms with Gasteiger partial charge in [-0.25, -0.2) is 8.42 Å². The van der Waals surface area contributed by atoms with Crippen molar-refractivity contribution in [3.05, 3.63) is 48.4 Å². The van der Waals surface area contributed by atoms with Crippen molar-refractivity contribution in [1.29, 1.82) is 0 Å². The summed E-state index contributed by atoms with van der Waals surface area (Å²) in [6, 6.07) is 10.7. The molecule has 1 heterocycles. The third kappa shape index (κ3) is 5.56. The van der Waals surface area contributed by atoms with Gasteiger partial charge in [0.15, 0.2) is 0 Å². The van der Waals surface area contributed by atoms with E-state index in [-0.39, 0.29) is 23.4 Å². The van der Waals surface area contributed by atoms with Crippen LogP contribution in [0.2, 0.25) is 0 Å². The molecule has 1 N–H and O–H groups in total. The van der Waals surface area contributed by atoms with E-state index in [1.807, 2.05) is 12.1 Å². The lowest BCUT2D eigenvalue weighted by atomic mass is 9.96. The fourth-order valence-electron chi connectivity index (χ4n) is 4.26. The molecule has 0 aliphatic heterocycles. The average molecular weight is 446 g/mol. The van der Waals surface area contributed by atoms with E-state index >= 15 is 0 Å². The molecule has 1 aromatic carbocycles. The van der Waals surface area contributed by atoms with Gasteiger partial charge < -0.3 is 9.73 Å². The summed E-state index contributed by atoms with van der Waals surface area (Å²) in [5.41, 5.74) is 0.595. The van der Waals surface area contributed by atoms with Gasteiger partial charge in [-0.1, -0.05) is 19.3 Å². The highest BCUT2D eigenvalue weighted by Gasteiger charge is 2.31. The summed E-state index contributed by atoms with van der Waals surface area (Å²) in [4.78, 5) is 14.9. The van der Waals surface area contributed by atoms with Gasteiger partial charge in [0.25, 0.3) is 0 Å². The summed E-state index contributed by atoms with van der Waals surface area (Å²) < 4.78 is 32.9. The van der Waals surface area contributed by atoms with Gasteiger partial charge in [0, 0.05) is 24.8 Å². The van der Waals surface area contributed by atoms with Gasteiger partial charge in [-0.3, -0.25) is 9.69 Å². The maximum atomic E-state index is 13.0. The van der Waals surface area contributed by atoms with Crippen LogP contribution >= 0.6 is 0 Å². The number of carbonyl (C=O) groups excluding carboxylic acids is 1. The van der Waals surface area contributed by atoms with E-state index in [4.69, 9.17) is 4.42 Å². The van der Waals surface area contributed by atoms with E-state index in [2.05, 4.69) is 10.2 Å². The molecule has 168 valence electrons. The Kier molecular flexibility index (Phi) is 6.79. The number of sulfonamides is 1. The maximum absolute atomic E-state index is 13.0. The Bertz CT molecular complexity index is 963. The molecule has 0 radical (unpaired) electrons. The van der Waals surface area contributed by atoms with Crippen LogP contribution in [0, 0.1) is 0 Å². The first-order chi connectivity index (χ1) is 14.9. The minimum Gasteiger partial charge on any atom is -0.468 e. The molecule has 1 amide bonds. The van der Waals surface area contributed by atoms with Crippen LogP contribution in [-0.4, -0.2) is 49.2 Å². The van der Waals surface area contributed by atoms with Crippen molar-refractivity contribution in [2.45, 2.75) is 68.5 Å². The first-order valence-corrected chi connectivity index (χ1v) is 12.5. The molecule has 0 spiro atoms. The maximum Gasteiger partial charge on any atom is 0.243 e. The lowest BCUT2D eigenvalue weighted by molar-refractivity contribution is -0.117. The number of anilines is 1. The Morgan fingerprint density at radius 1 is 1.03 bits per heavy atom. The zero-order chi connectivity index (χ0) is 21.8.